The second-order valence-electron chi connectivity index (χ2n) is 0.224. The van der Waals surface area contributed by atoms with Crippen LogP contribution in [0.5, 0.6) is 0 Å². The second kappa shape index (κ2) is 11.9. The largest absolute Gasteiger partial charge is 2.00 e. The van der Waals surface area contributed by atoms with E-state index >= 15 is 0 Å². The Bertz CT molecular complexity index is 27.5. The molecule has 0 spiro atoms. The van der Waals surface area contributed by atoms with E-state index in [2.05, 4.69) is 0 Å². The van der Waals surface area contributed by atoms with Crippen LogP contribution in [0.4, 0.5) is 0 Å². The third-order valence-corrected chi connectivity index (χ3v) is 0. The van der Waals surface area contributed by atoms with Crippen LogP contribution in [0.25, 0.3) is 0 Å². The molecule has 0 N–H and O–H groups in total. The van der Waals surface area contributed by atoms with Gasteiger partial charge in [-0.1, -0.05) is 0 Å². The van der Waals surface area contributed by atoms with Crippen molar-refractivity contribution < 1.29 is 17.1 Å². The minimum absolute atomic E-state index is 0. The Balaban J connectivity index is 0. The van der Waals surface area contributed by atoms with E-state index in [0.29, 0.717) is 0 Å². The van der Waals surface area contributed by atoms with Crippen LogP contribution in [0.15, 0.2) is 0 Å². The van der Waals surface area contributed by atoms with Crippen LogP contribution >= 0.6 is 0 Å². The van der Waals surface area contributed by atoms with Crippen LogP contribution in [-0.4, -0.2) is 0 Å². The van der Waals surface area contributed by atoms with Crippen molar-refractivity contribution in [2.75, 3.05) is 0 Å². The van der Waals surface area contributed by atoms with Crippen molar-refractivity contribution in [3.05, 3.63) is 0 Å². The first-order valence-electron chi connectivity index (χ1n) is 0.724. The fourth-order valence-corrected chi connectivity index (χ4v) is 0. The molecule has 1 nitrogen and oxygen atoms in total. The monoisotopic (exact) mass is 97.0 g/mol. The smallest absolute Gasteiger partial charge is 0.199 e. The molecule has 0 aliphatic heterocycles. The van der Waals surface area contributed by atoms with Gasteiger partial charge in [0.05, 0.1) is 6.07 Å². The van der Waals surface area contributed by atoms with Crippen molar-refractivity contribution in [2.45, 2.75) is 6.92 Å². The maximum Gasteiger partial charge on any atom is 2.00 e. The van der Waals surface area contributed by atoms with E-state index in [1.807, 2.05) is 0 Å². The van der Waals surface area contributed by atoms with Gasteiger partial charge in [-0.3, -0.25) is 0 Å². The Morgan fingerprint density at radius 2 is 1.75 bits per heavy atom. The van der Waals surface area contributed by atoms with Gasteiger partial charge in [0, 0.05) is 6.92 Å². The van der Waals surface area contributed by atoms with Crippen molar-refractivity contribution in [1.82, 2.24) is 0 Å². The van der Waals surface area contributed by atoms with E-state index < -0.39 is 0 Å². The number of rotatable bonds is 0. The quantitative estimate of drug-likeness (QED) is 0.404. The zero-order valence-electron chi connectivity index (χ0n) is 2.30. The van der Waals surface area contributed by atoms with E-state index in [-0.39, 0.29) is 17.1 Å². The van der Waals surface area contributed by atoms with Gasteiger partial charge in [-0.25, -0.2) is 0 Å². The number of hydrogen-bond donors (Lipinski definition) is 0. The first kappa shape index (κ1) is 8.99. The molecule has 0 heterocycles. The fourth-order valence-electron chi connectivity index (χ4n) is 0. The van der Waals surface area contributed by atoms with Gasteiger partial charge in [0.25, 0.3) is 0 Å². The zero-order chi connectivity index (χ0) is 2.71. The molecule has 0 fully saturated rings. The summed E-state index contributed by atoms with van der Waals surface area (Å²) in [5, 5.41) is 7.32. The van der Waals surface area contributed by atoms with Crippen molar-refractivity contribution in [3.63, 3.8) is 0 Å². The van der Waals surface area contributed by atoms with Crippen molar-refractivity contribution >= 4 is 0 Å². The number of nitriles is 1. The second-order valence-corrected chi connectivity index (χ2v) is 0.224. The van der Waals surface area contributed by atoms with Crippen molar-refractivity contribution in [1.29, 1.82) is 5.26 Å². The van der Waals surface area contributed by atoms with Gasteiger partial charge < -0.3 is 0 Å². The molecular weight excluding hydrogens is 93.9 g/mol. The Kier molecular flexibility index (Phi) is 26.8. The van der Waals surface area contributed by atoms with Gasteiger partial charge in [0.2, 0.25) is 0 Å². The van der Waals surface area contributed by atoms with Crippen molar-refractivity contribution in [2.24, 2.45) is 0 Å². The fraction of sp³-hybridized carbons (Fsp3) is 0.500. The van der Waals surface area contributed by atoms with Crippen LogP contribution in [0.2, 0.25) is 0 Å². The molecule has 2 heteroatoms. The summed E-state index contributed by atoms with van der Waals surface area (Å²) in [5.74, 6) is 0. The SMILES string of the molecule is CC#N.[Fe+2]. The predicted octanol–water partition coefficient (Wildman–Crippen LogP) is 0.527. The first-order valence-corrected chi connectivity index (χ1v) is 0.724. The molecule has 0 aromatic heterocycles. The molecule has 0 radical (unpaired) electrons. The van der Waals surface area contributed by atoms with Gasteiger partial charge >= 0.3 is 17.1 Å². The summed E-state index contributed by atoms with van der Waals surface area (Å²) < 4.78 is 0. The summed E-state index contributed by atoms with van der Waals surface area (Å²) in [7, 11) is 0. The molecule has 0 saturated carbocycles. The predicted molar refractivity (Wildman–Crippen MR) is 11.3 cm³/mol. The molecule has 0 aromatic rings. The minimum atomic E-state index is 0. The normalized spacial score (nSPS) is 2.00. The molecule has 0 aliphatic rings. The zero-order valence-corrected chi connectivity index (χ0v) is 3.40. The molecule has 0 saturated heterocycles. The molecule has 0 unspecified atom stereocenters. The maximum absolute atomic E-state index is 7.32. The van der Waals surface area contributed by atoms with E-state index in [1.165, 1.54) is 6.92 Å². The Morgan fingerprint density at radius 3 is 1.75 bits per heavy atom. The summed E-state index contributed by atoms with van der Waals surface area (Å²) >= 11 is 0. The molecule has 0 bridgehead atoms. The Labute approximate surface area is 36.1 Å². The average molecular weight is 96.9 g/mol. The maximum atomic E-state index is 7.32. The van der Waals surface area contributed by atoms with Crippen LogP contribution in [-0.2, 0) is 17.1 Å². The molecule has 0 atom stereocenters. The van der Waals surface area contributed by atoms with Gasteiger partial charge in [-0.15, -0.1) is 0 Å². The number of nitrogens with zero attached hydrogens (tertiary/aromatic N) is 1. The van der Waals surface area contributed by atoms with E-state index in [1.54, 1.807) is 6.07 Å². The molecule has 0 aromatic carbocycles. The summed E-state index contributed by atoms with van der Waals surface area (Å²) in [5.41, 5.74) is 0. The molecule has 0 rings (SSSR count). The van der Waals surface area contributed by atoms with Gasteiger partial charge in [0.15, 0.2) is 0 Å². The standard InChI is InChI=1S/C2H3N.Fe/c1-2-3;/h1H3;/q;+2. The first-order chi connectivity index (χ1) is 1.41. The Hall–Kier alpha value is 0.00948. The Morgan fingerprint density at radius 1 is 1.75 bits per heavy atom. The van der Waals surface area contributed by atoms with Crippen LogP contribution < -0.4 is 0 Å². The van der Waals surface area contributed by atoms with E-state index in [4.69, 9.17) is 5.26 Å². The minimum Gasteiger partial charge on any atom is -0.199 e. The van der Waals surface area contributed by atoms with Gasteiger partial charge in [-0.05, 0) is 0 Å². The summed E-state index contributed by atoms with van der Waals surface area (Å²) in [6.07, 6.45) is 0. The summed E-state index contributed by atoms with van der Waals surface area (Å²) in [4.78, 5) is 0. The van der Waals surface area contributed by atoms with Crippen LogP contribution in [0.1, 0.15) is 6.92 Å². The van der Waals surface area contributed by atoms with E-state index in [9.17, 15) is 0 Å². The topological polar surface area (TPSA) is 23.8 Å². The van der Waals surface area contributed by atoms with Gasteiger partial charge in [0.1, 0.15) is 0 Å². The third-order valence-electron chi connectivity index (χ3n) is 0. The number of hydrogen-bond acceptors (Lipinski definition) is 1. The third kappa shape index (κ3) is 22800. The van der Waals surface area contributed by atoms with E-state index in [0.717, 1.165) is 0 Å². The summed E-state index contributed by atoms with van der Waals surface area (Å²) in [6.45, 7) is 1.43. The average Bonchev–Trinajstić information content (AvgIpc) is 0.918. The summed E-state index contributed by atoms with van der Waals surface area (Å²) in [6, 6.07) is 1.75. The molecular formula is C2H3FeN+2. The molecule has 0 amide bonds. The van der Waals surface area contributed by atoms with Gasteiger partial charge in [-0.2, -0.15) is 5.26 Å². The van der Waals surface area contributed by atoms with Crippen LogP contribution in [0.3, 0.4) is 0 Å². The van der Waals surface area contributed by atoms with Crippen LogP contribution in [0, 0.1) is 11.3 Å². The molecule has 22 valence electrons. The molecule has 0 aliphatic carbocycles. The molecule has 4 heavy (non-hydrogen) atoms. The van der Waals surface area contributed by atoms with Crippen molar-refractivity contribution in [3.8, 4) is 6.07 Å².